The number of nitrogens with zero attached hydrogens (tertiary/aromatic N) is 2. The fraction of sp³-hybridized carbons (Fsp3) is 0.591. The van der Waals surface area contributed by atoms with Crippen LogP contribution in [0.3, 0.4) is 0 Å². The fourth-order valence-corrected chi connectivity index (χ4v) is 3.65. The van der Waals surface area contributed by atoms with Crippen molar-refractivity contribution in [3.8, 4) is 0 Å². The highest BCUT2D eigenvalue weighted by Gasteiger charge is 2.36. The predicted molar refractivity (Wildman–Crippen MR) is 108 cm³/mol. The van der Waals surface area contributed by atoms with E-state index in [1.54, 1.807) is 9.80 Å². The van der Waals surface area contributed by atoms with Gasteiger partial charge >= 0.3 is 12.1 Å². The summed E-state index contributed by atoms with van der Waals surface area (Å²) in [5.41, 5.74) is 0.304. The largest absolute Gasteiger partial charge is 0.465 e. The first-order chi connectivity index (χ1) is 13.7. The Kier molecular flexibility index (Phi) is 6.45. The third-order valence-electron chi connectivity index (χ3n) is 5.25. The molecule has 1 aromatic carbocycles. The van der Waals surface area contributed by atoms with E-state index >= 15 is 0 Å². The Morgan fingerprint density at radius 1 is 1.10 bits per heavy atom. The van der Waals surface area contributed by atoms with Crippen LogP contribution in [0.2, 0.25) is 0 Å². The lowest BCUT2D eigenvalue weighted by molar-refractivity contribution is -0.150. The number of carbonyl (C=O) groups is 3. The molecule has 158 valence electrons. The highest BCUT2D eigenvalue weighted by molar-refractivity contribution is 5.99. The van der Waals surface area contributed by atoms with Gasteiger partial charge < -0.3 is 19.3 Å². The van der Waals surface area contributed by atoms with Crippen LogP contribution in [0.5, 0.6) is 0 Å². The number of anilines is 1. The van der Waals surface area contributed by atoms with Crippen LogP contribution in [0.15, 0.2) is 30.3 Å². The molecule has 2 aliphatic heterocycles. The zero-order valence-corrected chi connectivity index (χ0v) is 17.4. The number of piperidine rings is 1. The molecule has 0 saturated carbocycles. The SMILES string of the molecule is CC(C)(C)OC(=O)N1CCC(COC(=O)C2CC(=O)N(c3ccccc3)C2)CC1. The first-order valence-corrected chi connectivity index (χ1v) is 10.2. The Balaban J connectivity index is 1.42. The number of rotatable bonds is 4. The van der Waals surface area contributed by atoms with Crippen molar-refractivity contribution in [1.82, 2.24) is 4.90 Å². The number of benzene rings is 1. The number of hydrogen-bond donors (Lipinski definition) is 0. The van der Waals surface area contributed by atoms with Gasteiger partial charge in [-0.25, -0.2) is 4.79 Å². The van der Waals surface area contributed by atoms with Crippen molar-refractivity contribution in [2.75, 3.05) is 31.1 Å². The molecule has 29 heavy (non-hydrogen) atoms. The summed E-state index contributed by atoms with van der Waals surface area (Å²) in [5, 5.41) is 0. The molecule has 1 unspecified atom stereocenters. The zero-order valence-electron chi connectivity index (χ0n) is 17.4. The highest BCUT2D eigenvalue weighted by atomic mass is 16.6. The number of carbonyl (C=O) groups excluding carboxylic acids is 3. The van der Waals surface area contributed by atoms with Gasteiger partial charge in [0.15, 0.2) is 0 Å². The predicted octanol–water partition coefficient (Wildman–Crippen LogP) is 3.23. The molecule has 0 bridgehead atoms. The van der Waals surface area contributed by atoms with Crippen LogP contribution in [0.4, 0.5) is 10.5 Å². The van der Waals surface area contributed by atoms with Crippen LogP contribution in [0.25, 0.3) is 0 Å². The minimum atomic E-state index is -0.504. The molecule has 1 atom stereocenters. The molecular weight excluding hydrogens is 372 g/mol. The van der Waals surface area contributed by atoms with E-state index in [0.717, 1.165) is 18.5 Å². The van der Waals surface area contributed by atoms with Gasteiger partial charge in [0.2, 0.25) is 5.91 Å². The smallest absolute Gasteiger partial charge is 0.410 e. The third kappa shape index (κ3) is 5.71. The molecule has 0 aromatic heterocycles. The molecule has 1 aromatic rings. The second kappa shape index (κ2) is 8.84. The van der Waals surface area contributed by atoms with Crippen LogP contribution in [0, 0.1) is 11.8 Å². The van der Waals surface area contributed by atoms with Gasteiger partial charge in [-0.2, -0.15) is 0 Å². The van der Waals surface area contributed by atoms with Crippen molar-refractivity contribution in [3.63, 3.8) is 0 Å². The van der Waals surface area contributed by atoms with E-state index in [0.29, 0.717) is 26.2 Å². The van der Waals surface area contributed by atoms with Crippen molar-refractivity contribution in [3.05, 3.63) is 30.3 Å². The van der Waals surface area contributed by atoms with Crippen LogP contribution in [-0.4, -0.2) is 54.7 Å². The molecule has 2 heterocycles. The number of hydrogen-bond acceptors (Lipinski definition) is 5. The van der Waals surface area contributed by atoms with E-state index in [1.807, 2.05) is 51.1 Å². The minimum absolute atomic E-state index is 0.0520. The van der Waals surface area contributed by atoms with E-state index in [9.17, 15) is 14.4 Å². The molecule has 2 aliphatic rings. The first-order valence-electron chi connectivity index (χ1n) is 10.2. The Hall–Kier alpha value is -2.57. The minimum Gasteiger partial charge on any atom is -0.465 e. The molecule has 2 saturated heterocycles. The second-order valence-electron chi connectivity index (χ2n) is 8.78. The van der Waals surface area contributed by atoms with Gasteiger partial charge in [-0.1, -0.05) is 18.2 Å². The summed E-state index contributed by atoms with van der Waals surface area (Å²) in [7, 11) is 0. The first kappa shape index (κ1) is 21.1. The van der Waals surface area contributed by atoms with Crippen LogP contribution < -0.4 is 4.90 Å². The Morgan fingerprint density at radius 3 is 2.38 bits per heavy atom. The lowest BCUT2D eigenvalue weighted by Gasteiger charge is -2.33. The second-order valence-corrected chi connectivity index (χ2v) is 8.78. The maximum Gasteiger partial charge on any atom is 0.410 e. The third-order valence-corrected chi connectivity index (χ3v) is 5.25. The van der Waals surface area contributed by atoms with Crippen molar-refractivity contribution in [1.29, 1.82) is 0 Å². The molecule has 0 spiro atoms. The van der Waals surface area contributed by atoms with Gasteiger partial charge in [0.05, 0.1) is 12.5 Å². The van der Waals surface area contributed by atoms with Crippen LogP contribution >= 0.6 is 0 Å². The summed E-state index contributed by atoms with van der Waals surface area (Å²) in [5.74, 6) is -0.570. The highest BCUT2D eigenvalue weighted by Crippen LogP contribution is 2.26. The van der Waals surface area contributed by atoms with Gasteiger partial charge in [0.1, 0.15) is 5.60 Å². The molecule has 7 heteroatoms. The number of esters is 1. The summed E-state index contributed by atoms with van der Waals surface area (Å²) >= 11 is 0. The molecule has 0 aliphatic carbocycles. The van der Waals surface area contributed by atoms with Gasteiger partial charge in [-0.15, -0.1) is 0 Å². The average molecular weight is 402 g/mol. The zero-order chi connectivity index (χ0) is 21.0. The molecule has 3 rings (SSSR count). The fourth-order valence-electron chi connectivity index (χ4n) is 3.65. The van der Waals surface area contributed by atoms with Crippen LogP contribution in [0.1, 0.15) is 40.0 Å². The quantitative estimate of drug-likeness (QED) is 0.723. The Morgan fingerprint density at radius 2 is 1.76 bits per heavy atom. The molecule has 7 nitrogen and oxygen atoms in total. The van der Waals surface area contributed by atoms with E-state index in [4.69, 9.17) is 9.47 Å². The molecule has 2 fully saturated rings. The maximum atomic E-state index is 12.5. The van der Waals surface area contributed by atoms with E-state index in [2.05, 4.69) is 0 Å². The summed E-state index contributed by atoms with van der Waals surface area (Å²) in [6, 6.07) is 9.37. The standard InChI is InChI=1S/C22H30N2O5/c1-22(2,3)29-21(27)23-11-9-16(10-12-23)15-28-20(26)17-13-19(25)24(14-17)18-7-5-4-6-8-18/h4-8,16-17H,9-15H2,1-3H3. The normalized spacial score (nSPS) is 20.7. The molecule has 0 radical (unpaired) electrons. The maximum absolute atomic E-state index is 12.5. The Bertz CT molecular complexity index is 735. The number of likely N-dealkylation sites (tertiary alicyclic amines) is 1. The lowest BCUT2D eigenvalue weighted by atomic mass is 9.98. The van der Waals surface area contributed by atoms with Gasteiger partial charge in [0.25, 0.3) is 0 Å². The van der Waals surface area contributed by atoms with Gasteiger partial charge in [-0.05, 0) is 51.7 Å². The summed E-state index contributed by atoms with van der Waals surface area (Å²) in [6.07, 6.45) is 1.43. The van der Waals surface area contributed by atoms with Crippen molar-refractivity contribution in [2.24, 2.45) is 11.8 Å². The lowest BCUT2D eigenvalue weighted by Crippen LogP contribution is -2.42. The van der Waals surface area contributed by atoms with E-state index in [-0.39, 0.29) is 30.3 Å². The van der Waals surface area contributed by atoms with Gasteiger partial charge in [-0.3, -0.25) is 9.59 Å². The van der Waals surface area contributed by atoms with Crippen molar-refractivity contribution < 1.29 is 23.9 Å². The number of ether oxygens (including phenoxy) is 2. The Labute approximate surface area is 171 Å². The average Bonchev–Trinajstić information content (AvgIpc) is 3.07. The van der Waals surface area contributed by atoms with Gasteiger partial charge in [0, 0.05) is 31.7 Å². The summed E-state index contributed by atoms with van der Waals surface area (Å²) < 4.78 is 10.9. The summed E-state index contributed by atoms with van der Waals surface area (Å²) in [4.78, 5) is 40.2. The number of para-hydroxylation sites is 1. The molecule has 0 N–H and O–H groups in total. The van der Waals surface area contributed by atoms with Crippen molar-refractivity contribution >= 4 is 23.7 Å². The van der Waals surface area contributed by atoms with Crippen molar-refractivity contribution in [2.45, 2.75) is 45.6 Å². The van der Waals surface area contributed by atoms with Crippen LogP contribution in [-0.2, 0) is 19.1 Å². The summed E-state index contributed by atoms with van der Waals surface area (Å²) in [6.45, 7) is 7.44. The molecular formula is C22H30N2O5. The molecule has 2 amide bonds. The van der Waals surface area contributed by atoms with E-state index in [1.165, 1.54) is 0 Å². The number of amides is 2. The topological polar surface area (TPSA) is 76.1 Å². The van der Waals surface area contributed by atoms with E-state index < -0.39 is 11.5 Å². The monoisotopic (exact) mass is 402 g/mol.